The van der Waals surface area contributed by atoms with E-state index in [9.17, 15) is 5.11 Å². The lowest BCUT2D eigenvalue weighted by Gasteiger charge is -2.13. The molecule has 0 amide bonds. The minimum atomic E-state index is 0. The van der Waals surface area contributed by atoms with Crippen LogP contribution in [0.4, 0.5) is 0 Å². The highest BCUT2D eigenvalue weighted by molar-refractivity contribution is 5.58. The zero-order valence-corrected chi connectivity index (χ0v) is 11.2. The van der Waals surface area contributed by atoms with Gasteiger partial charge in [0.1, 0.15) is 5.75 Å². The Morgan fingerprint density at radius 3 is 2.44 bits per heavy atom. The van der Waals surface area contributed by atoms with E-state index < -0.39 is 0 Å². The third-order valence-corrected chi connectivity index (χ3v) is 3.04. The first-order chi connectivity index (χ1) is 8.24. The Balaban J connectivity index is 0.00000289. The van der Waals surface area contributed by atoms with Gasteiger partial charge in [-0.1, -0.05) is 44.6 Å². The third kappa shape index (κ3) is 4.04. The van der Waals surface area contributed by atoms with Gasteiger partial charge in [0.15, 0.2) is 0 Å². The summed E-state index contributed by atoms with van der Waals surface area (Å²) in [5, 5.41) is 9.97. The molecule has 0 spiro atoms. The number of unbranched alkanes of at least 4 members (excludes halogenated alkanes) is 2. The van der Waals surface area contributed by atoms with Crippen LogP contribution in [0.15, 0.2) is 31.4 Å². The van der Waals surface area contributed by atoms with Gasteiger partial charge in [0.05, 0.1) is 0 Å². The van der Waals surface area contributed by atoms with Crippen LogP contribution in [0.5, 0.6) is 5.75 Å². The van der Waals surface area contributed by atoms with E-state index in [4.69, 9.17) is 0 Å². The predicted octanol–water partition coefficient (Wildman–Crippen LogP) is 3.67. The van der Waals surface area contributed by atoms with Crippen molar-refractivity contribution in [2.45, 2.75) is 39.0 Å². The fraction of sp³-hybridized carbons (Fsp3) is 0.375. The standard InChI is InChI=1S/C16H22O.H2O/c1-4-7-8-10-15-14(9-5-2)13(6-3)11-12-16(15)17;/h5-6,11-12,17H,2-4,7-10H2,1H3;1H2. The SMILES string of the molecule is C=CCc1c(C=C)ccc(O)c1CCCCC.O. The quantitative estimate of drug-likeness (QED) is 0.581. The molecule has 2 heteroatoms. The molecular formula is C16H24O2. The van der Waals surface area contributed by atoms with Crippen molar-refractivity contribution in [1.82, 2.24) is 0 Å². The first-order valence-corrected chi connectivity index (χ1v) is 6.31. The van der Waals surface area contributed by atoms with Crippen molar-refractivity contribution in [2.24, 2.45) is 0 Å². The fourth-order valence-corrected chi connectivity index (χ4v) is 2.11. The van der Waals surface area contributed by atoms with Gasteiger partial charge >= 0.3 is 0 Å². The lowest BCUT2D eigenvalue weighted by Crippen LogP contribution is -1.97. The Labute approximate surface area is 110 Å². The molecule has 0 aliphatic carbocycles. The molecule has 0 saturated heterocycles. The largest absolute Gasteiger partial charge is 0.508 e. The minimum absolute atomic E-state index is 0. The van der Waals surface area contributed by atoms with E-state index in [0.717, 1.165) is 30.4 Å². The summed E-state index contributed by atoms with van der Waals surface area (Å²) in [7, 11) is 0. The zero-order chi connectivity index (χ0) is 12.7. The van der Waals surface area contributed by atoms with Gasteiger partial charge in [0.2, 0.25) is 0 Å². The third-order valence-electron chi connectivity index (χ3n) is 3.04. The Morgan fingerprint density at radius 2 is 1.89 bits per heavy atom. The Kier molecular flexibility index (Phi) is 7.81. The van der Waals surface area contributed by atoms with Gasteiger partial charge in [-0.25, -0.2) is 0 Å². The predicted molar refractivity (Wildman–Crippen MR) is 78.9 cm³/mol. The van der Waals surface area contributed by atoms with Gasteiger partial charge in [0, 0.05) is 0 Å². The highest BCUT2D eigenvalue weighted by Gasteiger charge is 2.10. The minimum Gasteiger partial charge on any atom is -0.508 e. The smallest absolute Gasteiger partial charge is 0.119 e. The van der Waals surface area contributed by atoms with Crippen molar-refractivity contribution in [3.63, 3.8) is 0 Å². The maximum atomic E-state index is 9.97. The summed E-state index contributed by atoms with van der Waals surface area (Å²) >= 11 is 0. The van der Waals surface area contributed by atoms with Crippen molar-refractivity contribution in [3.05, 3.63) is 48.1 Å². The number of aromatic hydroxyl groups is 1. The summed E-state index contributed by atoms with van der Waals surface area (Å²) < 4.78 is 0. The lowest BCUT2D eigenvalue weighted by atomic mass is 9.93. The molecule has 1 aromatic rings. The van der Waals surface area contributed by atoms with E-state index in [0.29, 0.717) is 5.75 Å². The normalized spacial score (nSPS) is 9.61. The molecule has 0 aliphatic heterocycles. The second-order valence-corrected chi connectivity index (χ2v) is 4.29. The van der Waals surface area contributed by atoms with Crippen LogP contribution >= 0.6 is 0 Å². The van der Waals surface area contributed by atoms with Crippen LogP contribution < -0.4 is 0 Å². The topological polar surface area (TPSA) is 51.7 Å². The second kappa shape index (κ2) is 8.54. The molecule has 0 unspecified atom stereocenters. The van der Waals surface area contributed by atoms with Crippen molar-refractivity contribution < 1.29 is 10.6 Å². The number of hydrogen-bond acceptors (Lipinski definition) is 1. The average Bonchev–Trinajstić information content (AvgIpc) is 2.33. The first-order valence-electron chi connectivity index (χ1n) is 6.31. The molecule has 0 bridgehead atoms. The van der Waals surface area contributed by atoms with Gasteiger partial charge in [-0.15, -0.1) is 6.58 Å². The molecule has 0 aliphatic rings. The maximum Gasteiger partial charge on any atom is 0.119 e. The Morgan fingerprint density at radius 1 is 1.17 bits per heavy atom. The summed E-state index contributed by atoms with van der Waals surface area (Å²) in [5.41, 5.74) is 3.34. The van der Waals surface area contributed by atoms with Gasteiger partial charge in [0.25, 0.3) is 0 Å². The van der Waals surface area contributed by atoms with Crippen LogP contribution in [0.1, 0.15) is 42.9 Å². The van der Waals surface area contributed by atoms with Crippen LogP contribution in [0.2, 0.25) is 0 Å². The van der Waals surface area contributed by atoms with Gasteiger partial charge in [-0.3, -0.25) is 0 Å². The molecule has 100 valence electrons. The molecule has 1 rings (SSSR count). The number of allylic oxidation sites excluding steroid dienone is 1. The Bertz CT molecular complexity index is 394. The van der Waals surface area contributed by atoms with Crippen molar-refractivity contribution in [3.8, 4) is 5.75 Å². The number of phenols is 1. The second-order valence-electron chi connectivity index (χ2n) is 4.29. The molecular weight excluding hydrogens is 224 g/mol. The fourth-order valence-electron chi connectivity index (χ4n) is 2.11. The average molecular weight is 248 g/mol. The van der Waals surface area contributed by atoms with E-state index in [2.05, 4.69) is 20.1 Å². The highest BCUT2D eigenvalue weighted by atomic mass is 16.3. The van der Waals surface area contributed by atoms with E-state index in [1.807, 2.05) is 18.2 Å². The van der Waals surface area contributed by atoms with Crippen LogP contribution in [0.3, 0.4) is 0 Å². The van der Waals surface area contributed by atoms with Gasteiger partial charge in [-0.05, 0) is 42.0 Å². The summed E-state index contributed by atoms with van der Waals surface area (Å²) in [4.78, 5) is 0. The van der Waals surface area contributed by atoms with Crippen LogP contribution in [0.25, 0.3) is 6.08 Å². The number of rotatable bonds is 7. The lowest BCUT2D eigenvalue weighted by molar-refractivity contribution is 0.465. The van der Waals surface area contributed by atoms with Crippen molar-refractivity contribution in [2.75, 3.05) is 0 Å². The van der Waals surface area contributed by atoms with Crippen molar-refractivity contribution >= 4 is 6.08 Å². The molecule has 2 nitrogen and oxygen atoms in total. The molecule has 0 heterocycles. The molecule has 0 radical (unpaired) electrons. The first kappa shape index (κ1) is 16.5. The molecule has 0 aromatic heterocycles. The number of phenolic OH excluding ortho intramolecular Hbond substituents is 1. The number of benzene rings is 1. The molecule has 18 heavy (non-hydrogen) atoms. The van der Waals surface area contributed by atoms with E-state index in [1.54, 1.807) is 6.07 Å². The molecule has 0 fully saturated rings. The summed E-state index contributed by atoms with van der Waals surface area (Å²) in [6.07, 6.45) is 8.97. The zero-order valence-electron chi connectivity index (χ0n) is 11.2. The summed E-state index contributed by atoms with van der Waals surface area (Å²) in [6, 6.07) is 3.69. The Hall–Kier alpha value is -1.54. The number of hydrogen-bond donors (Lipinski definition) is 1. The van der Waals surface area contributed by atoms with E-state index >= 15 is 0 Å². The van der Waals surface area contributed by atoms with Gasteiger partial charge in [-0.2, -0.15) is 0 Å². The summed E-state index contributed by atoms with van der Waals surface area (Å²) in [6.45, 7) is 9.79. The monoisotopic (exact) mass is 248 g/mol. The molecule has 3 N–H and O–H groups in total. The van der Waals surface area contributed by atoms with Crippen LogP contribution in [-0.4, -0.2) is 10.6 Å². The van der Waals surface area contributed by atoms with Gasteiger partial charge < -0.3 is 10.6 Å². The van der Waals surface area contributed by atoms with Crippen molar-refractivity contribution in [1.29, 1.82) is 0 Å². The van der Waals surface area contributed by atoms with Crippen LogP contribution in [-0.2, 0) is 12.8 Å². The summed E-state index contributed by atoms with van der Waals surface area (Å²) in [5.74, 6) is 0.406. The molecule has 1 aromatic carbocycles. The molecule has 0 atom stereocenters. The van der Waals surface area contributed by atoms with E-state index in [-0.39, 0.29) is 5.48 Å². The van der Waals surface area contributed by atoms with Crippen LogP contribution in [0, 0.1) is 0 Å². The maximum absolute atomic E-state index is 9.97. The molecule has 0 saturated carbocycles. The highest BCUT2D eigenvalue weighted by Crippen LogP contribution is 2.28. The van der Waals surface area contributed by atoms with E-state index in [1.165, 1.54) is 18.4 Å².